The van der Waals surface area contributed by atoms with Gasteiger partial charge in [-0.3, -0.25) is 0 Å². The van der Waals surface area contributed by atoms with Gasteiger partial charge >= 0.3 is 0 Å². The van der Waals surface area contributed by atoms with Gasteiger partial charge in [0.1, 0.15) is 5.52 Å². The molecule has 1 fully saturated rings. The minimum absolute atomic E-state index is 0.0330. The van der Waals surface area contributed by atoms with Crippen LogP contribution in [0.25, 0.3) is 11.2 Å². The highest BCUT2D eigenvalue weighted by Crippen LogP contribution is 2.25. The van der Waals surface area contributed by atoms with Gasteiger partial charge < -0.3 is 4.74 Å². The van der Waals surface area contributed by atoms with Gasteiger partial charge in [-0.25, -0.2) is 14.6 Å². The van der Waals surface area contributed by atoms with Crippen molar-refractivity contribution in [3.63, 3.8) is 0 Å². The van der Waals surface area contributed by atoms with E-state index in [1.54, 1.807) is 10.9 Å². The molecule has 3 rings (SSSR count). The lowest BCUT2D eigenvalue weighted by molar-refractivity contribution is -0.0370. The Kier molecular flexibility index (Phi) is 2.72. The summed E-state index contributed by atoms with van der Waals surface area (Å²) in [5.74, 6) is 0. The first-order chi connectivity index (χ1) is 8.25. The molecule has 5 nitrogen and oxygen atoms in total. The molecule has 1 unspecified atom stereocenters. The maximum Gasteiger partial charge on any atom is 0.180 e. The Morgan fingerprint density at radius 3 is 3.06 bits per heavy atom. The first-order valence-electron chi connectivity index (χ1n) is 5.74. The maximum absolute atomic E-state index is 6.00. The number of aromatic nitrogens is 4. The van der Waals surface area contributed by atoms with Gasteiger partial charge in [0.25, 0.3) is 0 Å². The number of ether oxygens (including phenoxy) is 1. The Balaban J connectivity index is 2.07. The van der Waals surface area contributed by atoms with Crippen LogP contribution < -0.4 is 0 Å². The Labute approximate surface area is 104 Å². The summed E-state index contributed by atoms with van der Waals surface area (Å²) in [5, 5.41) is 4.74. The number of halogens is 1. The van der Waals surface area contributed by atoms with Crippen LogP contribution in [0.15, 0.2) is 6.20 Å². The monoisotopic (exact) mass is 252 g/mol. The van der Waals surface area contributed by atoms with Crippen molar-refractivity contribution in [3.05, 3.63) is 17.0 Å². The summed E-state index contributed by atoms with van der Waals surface area (Å²) in [6, 6.07) is 0. The molecule has 0 radical (unpaired) electrons. The van der Waals surface area contributed by atoms with Crippen molar-refractivity contribution in [2.24, 2.45) is 0 Å². The molecule has 0 bridgehead atoms. The summed E-state index contributed by atoms with van der Waals surface area (Å²) in [5.41, 5.74) is 2.19. The van der Waals surface area contributed by atoms with Crippen LogP contribution in [0.5, 0.6) is 0 Å². The Morgan fingerprint density at radius 2 is 2.29 bits per heavy atom. The topological polar surface area (TPSA) is 52.8 Å². The van der Waals surface area contributed by atoms with Gasteiger partial charge in [0.05, 0.1) is 11.9 Å². The summed E-state index contributed by atoms with van der Waals surface area (Å²) in [6.07, 6.45) is 4.91. The van der Waals surface area contributed by atoms with Crippen LogP contribution in [0.4, 0.5) is 0 Å². The van der Waals surface area contributed by atoms with E-state index < -0.39 is 0 Å². The fraction of sp³-hybridized carbons (Fsp3) is 0.545. The molecule has 90 valence electrons. The third kappa shape index (κ3) is 1.89. The van der Waals surface area contributed by atoms with E-state index in [9.17, 15) is 0 Å². The summed E-state index contributed by atoms with van der Waals surface area (Å²) < 4.78 is 7.47. The van der Waals surface area contributed by atoms with Crippen molar-refractivity contribution in [1.82, 2.24) is 19.7 Å². The van der Waals surface area contributed by atoms with E-state index in [0.717, 1.165) is 37.1 Å². The molecule has 17 heavy (non-hydrogen) atoms. The van der Waals surface area contributed by atoms with E-state index in [0.29, 0.717) is 10.8 Å². The number of hydrogen-bond acceptors (Lipinski definition) is 4. The molecule has 1 saturated heterocycles. The molecule has 0 aromatic carbocycles. The number of hydrogen-bond donors (Lipinski definition) is 0. The van der Waals surface area contributed by atoms with Gasteiger partial charge in [-0.2, -0.15) is 5.10 Å². The lowest BCUT2D eigenvalue weighted by Gasteiger charge is -2.22. The van der Waals surface area contributed by atoms with Crippen LogP contribution in [-0.2, 0) is 4.74 Å². The Morgan fingerprint density at radius 1 is 1.41 bits per heavy atom. The first-order valence-corrected chi connectivity index (χ1v) is 6.12. The van der Waals surface area contributed by atoms with Gasteiger partial charge in [-0.05, 0) is 26.2 Å². The van der Waals surface area contributed by atoms with E-state index in [4.69, 9.17) is 16.3 Å². The lowest BCUT2D eigenvalue weighted by atomic mass is 10.2. The summed E-state index contributed by atoms with van der Waals surface area (Å²) >= 11 is 6.00. The number of aryl methyl sites for hydroxylation is 1. The zero-order chi connectivity index (χ0) is 11.8. The average molecular weight is 253 g/mol. The molecule has 0 spiro atoms. The van der Waals surface area contributed by atoms with E-state index in [2.05, 4.69) is 15.1 Å². The van der Waals surface area contributed by atoms with Crippen molar-refractivity contribution >= 4 is 22.8 Å². The molecule has 0 aliphatic carbocycles. The van der Waals surface area contributed by atoms with Crippen molar-refractivity contribution in [2.75, 3.05) is 6.61 Å². The third-order valence-corrected chi connectivity index (χ3v) is 3.33. The molecule has 1 atom stereocenters. The number of nitrogens with zero attached hydrogens (tertiary/aromatic N) is 4. The highest BCUT2D eigenvalue weighted by Gasteiger charge is 2.20. The molecule has 2 aromatic rings. The summed E-state index contributed by atoms with van der Waals surface area (Å²) in [4.78, 5) is 8.69. The van der Waals surface area contributed by atoms with E-state index in [1.807, 2.05) is 6.92 Å². The fourth-order valence-corrected chi connectivity index (χ4v) is 2.18. The number of rotatable bonds is 1. The van der Waals surface area contributed by atoms with E-state index in [1.165, 1.54) is 0 Å². The Bertz CT molecular complexity index is 548. The smallest absolute Gasteiger partial charge is 0.180 e. The first kappa shape index (κ1) is 10.9. The van der Waals surface area contributed by atoms with Crippen LogP contribution in [0, 0.1) is 6.92 Å². The van der Waals surface area contributed by atoms with Crippen LogP contribution in [0.3, 0.4) is 0 Å². The molecular weight excluding hydrogens is 240 g/mol. The second-order valence-corrected chi connectivity index (χ2v) is 4.58. The molecular formula is C11H13ClN4O. The van der Waals surface area contributed by atoms with Gasteiger partial charge in [0, 0.05) is 6.61 Å². The zero-order valence-electron chi connectivity index (χ0n) is 9.56. The second kappa shape index (κ2) is 4.23. The SMILES string of the molecule is Cc1nc2cnn(C3CCCCO3)c2nc1Cl. The number of fused-ring (bicyclic) bond motifs is 1. The normalized spacial score (nSPS) is 20.9. The van der Waals surface area contributed by atoms with Gasteiger partial charge in [0.2, 0.25) is 0 Å². The predicted molar refractivity (Wildman–Crippen MR) is 63.9 cm³/mol. The second-order valence-electron chi connectivity index (χ2n) is 4.22. The molecule has 1 aliphatic heterocycles. The lowest BCUT2D eigenvalue weighted by Crippen LogP contribution is -2.19. The van der Waals surface area contributed by atoms with Crippen LogP contribution in [0.1, 0.15) is 31.2 Å². The van der Waals surface area contributed by atoms with Crippen LogP contribution >= 0.6 is 11.6 Å². The largest absolute Gasteiger partial charge is 0.356 e. The van der Waals surface area contributed by atoms with Crippen molar-refractivity contribution in [2.45, 2.75) is 32.4 Å². The molecule has 0 saturated carbocycles. The molecule has 2 aromatic heterocycles. The highest BCUT2D eigenvalue weighted by atomic mass is 35.5. The van der Waals surface area contributed by atoms with Crippen LogP contribution in [0.2, 0.25) is 5.15 Å². The van der Waals surface area contributed by atoms with E-state index in [-0.39, 0.29) is 6.23 Å². The predicted octanol–water partition coefficient (Wildman–Crippen LogP) is 2.49. The Hall–Kier alpha value is -1.20. The highest BCUT2D eigenvalue weighted by molar-refractivity contribution is 6.30. The third-order valence-electron chi connectivity index (χ3n) is 2.97. The van der Waals surface area contributed by atoms with Crippen LogP contribution in [-0.4, -0.2) is 26.4 Å². The fourth-order valence-electron chi connectivity index (χ4n) is 2.06. The molecule has 3 heterocycles. The van der Waals surface area contributed by atoms with Crippen molar-refractivity contribution < 1.29 is 4.74 Å². The van der Waals surface area contributed by atoms with Gasteiger partial charge in [-0.1, -0.05) is 11.6 Å². The van der Waals surface area contributed by atoms with Crippen molar-refractivity contribution in [1.29, 1.82) is 0 Å². The van der Waals surface area contributed by atoms with Crippen molar-refractivity contribution in [3.8, 4) is 0 Å². The zero-order valence-corrected chi connectivity index (χ0v) is 10.3. The van der Waals surface area contributed by atoms with E-state index >= 15 is 0 Å². The van der Waals surface area contributed by atoms with Gasteiger partial charge in [-0.15, -0.1) is 0 Å². The maximum atomic E-state index is 6.00. The molecule has 0 N–H and O–H groups in total. The minimum Gasteiger partial charge on any atom is -0.356 e. The quantitative estimate of drug-likeness (QED) is 0.783. The summed E-state index contributed by atoms with van der Waals surface area (Å²) in [7, 11) is 0. The standard InChI is InChI=1S/C11H13ClN4O/c1-7-10(12)15-11-8(14-7)6-13-16(11)9-4-2-3-5-17-9/h6,9H,2-5H2,1H3. The molecule has 1 aliphatic rings. The summed E-state index contributed by atoms with van der Waals surface area (Å²) in [6.45, 7) is 2.61. The molecule has 0 amide bonds. The minimum atomic E-state index is -0.0330. The van der Waals surface area contributed by atoms with Gasteiger partial charge in [0.15, 0.2) is 17.0 Å². The molecule has 6 heteroatoms. The average Bonchev–Trinajstić information content (AvgIpc) is 2.74.